The topological polar surface area (TPSA) is 87.9 Å². The number of hydrogen-bond acceptors (Lipinski definition) is 6. The van der Waals surface area contributed by atoms with Crippen molar-refractivity contribution in [3.05, 3.63) is 71.8 Å². The van der Waals surface area contributed by atoms with E-state index >= 15 is 0 Å². The van der Waals surface area contributed by atoms with E-state index in [1.54, 1.807) is 12.1 Å². The minimum absolute atomic E-state index is 0.0205. The molecule has 0 saturated heterocycles. The van der Waals surface area contributed by atoms with Gasteiger partial charge in [0.15, 0.2) is 0 Å². The summed E-state index contributed by atoms with van der Waals surface area (Å²) in [5, 5.41) is 0. The van der Waals surface area contributed by atoms with Crippen LogP contribution >= 0.6 is 0 Å². The summed E-state index contributed by atoms with van der Waals surface area (Å²) in [6.07, 6.45) is -1.08. The molecule has 0 bridgehead atoms. The molecule has 0 radical (unpaired) electrons. The van der Waals surface area contributed by atoms with E-state index in [9.17, 15) is 9.59 Å². The van der Waals surface area contributed by atoms with E-state index in [1.165, 1.54) is 0 Å². The van der Waals surface area contributed by atoms with Crippen molar-refractivity contribution in [1.82, 2.24) is 0 Å². The second-order valence-corrected chi connectivity index (χ2v) is 5.05. The maximum absolute atomic E-state index is 11.7. The van der Waals surface area contributed by atoms with E-state index in [0.29, 0.717) is 6.61 Å². The van der Waals surface area contributed by atoms with Crippen molar-refractivity contribution in [3.8, 4) is 0 Å². The zero-order valence-electron chi connectivity index (χ0n) is 13.1. The molecule has 0 aliphatic carbocycles. The summed E-state index contributed by atoms with van der Waals surface area (Å²) in [5.41, 5.74) is 7.38. The predicted molar refractivity (Wildman–Crippen MR) is 86.8 cm³/mol. The molecule has 2 aromatic carbocycles. The highest BCUT2D eigenvalue weighted by atomic mass is 16.7. The molecule has 2 N–H and O–H groups in total. The van der Waals surface area contributed by atoms with Gasteiger partial charge in [-0.25, -0.2) is 9.59 Å². The van der Waals surface area contributed by atoms with E-state index in [4.69, 9.17) is 15.2 Å². The number of rotatable bonds is 7. The molecule has 0 fully saturated rings. The van der Waals surface area contributed by atoms with Crippen molar-refractivity contribution in [2.75, 3.05) is 6.61 Å². The van der Waals surface area contributed by atoms with Gasteiger partial charge in [-0.05, 0) is 11.1 Å². The molecular weight excluding hydrogens is 310 g/mol. The third-order valence-corrected chi connectivity index (χ3v) is 3.10. The summed E-state index contributed by atoms with van der Waals surface area (Å²) in [7, 11) is 0. The van der Waals surface area contributed by atoms with Crippen LogP contribution in [0.1, 0.15) is 11.1 Å². The van der Waals surface area contributed by atoms with Crippen LogP contribution in [0.3, 0.4) is 0 Å². The summed E-state index contributed by atoms with van der Waals surface area (Å²) in [5.74, 6) is -0.888. The summed E-state index contributed by atoms with van der Waals surface area (Å²) in [6, 6.07) is 17.5. The normalized spacial score (nSPS) is 11.5. The fraction of sp³-hybridized carbons (Fsp3) is 0.222. The zero-order chi connectivity index (χ0) is 17.2. The second kappa shape index (κ2) is 9.44. The van der Waals surface area contributed by atoms with Crippen LogP contribution in [0.2, 0.25) is 0 Å². The molecule has 0 aromatic heterocycles. The summed E-state index contributed by atoms with van der Waals surface area (Å²) < 4.78 is 14.7. The fourth-order valence-corrected chi connectivity index (χ4v) is 1.85. The Labute approximate surface area is 140 Å². The zero-order valence-corrected chi connectivity index (χ0v) is 13.1. The van der Waals surface area contributed by atoms with Crippen LogP contribution in [0.5, 0.6) is 0 Å². The Bertz CT molecular complexity index is 645. The number of ether oxygens (including phenoxy) is 3. The number of carbonyl (C=O) groups is 2. The van der Waals surface area contributed by atoms with Gasteiger partial charge in [0.2, 0.25) is 0 Å². The van der Waals surface area contributed by atoms with E-state index in [2.05, 4.69) is 4.74 Å². The van der Waals surface area contributed by atoms with Gasteiger partial charge in [-0.1, -0.05) is 60.7 Å². The molecule has 126 valence electrons. The van der Waals surface area contributed by atoms with E-state index in [1.807, 2.05) is 48.5 Å². The van der Waals surface area contributed by atoms with Crippen molar-refractivity contribution < 1.29 is 23.8 Å². The van der Waals surface area contributed by atoms with Gasteiger partial charge in [0.25, 0.3) is 0 Å². The highest BCUT2D eigenvalue weighted by Crippen LogP contribution is 2.03. The van der Waals surface area contributed by atoms with Gasteiger partial charge >= 0.3 is 12.1 Å². The Morgan fingerprint density at radius 2 is 1.42 bits per heavy atom. The molecule has 0 amide bonds. The van der Waals surface area contributed by atoms with Crippen LogP contribution in [0, 0.1) is 0 Å². The van der Waals surface area contributed by atoms with Crippen LogP contribution in [0.25, 0.3) is 0 Å². The third kappa shape index (κ3) is 6.20. The van der Waals surface area contributed by atoms with Crippen molar-refractivity contribution in [2.24, 2.45) is 5.73 Å². The standard InChI is InChI=1S/C18H19NO5/c19-16(13-22-11-14-7-3-1-4-8-14)17(20)24-18(21)23-12-15-9-5-2-6-10-15/h1-10,16H,11-13,19H2. The lowest BCUT2D eigenvalue weighted by Crippen LogP contribution is -2.37. The molecule has 6 nitrogen and oxygen atoms in total. The number of esters is 1. The molecule has 2 aromatic rings. The lowest BCUT2D eigenvalue weighted by Gasteiger charge is -2.11. The van der Waals surface area contributed by atoms with Gasteiger partial charge in [-0.15, -0.1) is 0 Å². The lowest BCUT2D eigenvalue weighted by atomic mass is 10.2. The number of benzene rings is 2. The first-order valence-electron chi connectivity index (χ1n) is 7.45. The molecule has 1 atom stereocenters. The van der Waals surface area contributed by atoms with Crippen LogP contribution < -0.4 is 5.73 Å². The Hall–Kier alpha value is -2.70. The number of nitrogens with two attached hydrogens (primary N) is 1. The molecule has 0 aliphatic rings. The van der Waals surface area contributed by atoms with E-state index in [0.717, 1.165) is 11.1 Å². The van der Waals surface area contributed by atoms with Crippen LogP contribution in [-0.2, 0) is 32.2 Å². The summed E-state index contributed by atoms with van der Waals surface area (Å²) >= 11 is 0. The predicted octanol–water partition coefficient (Wildman–Crippen LogP) is 2.41. The van der Waals surface area contributed by atoms with Gasteiger partial charge in [-0.3, -0.25) is 0 Å². The Morgan fingerprint density at radius 1 is 0.875 bits per heavy atom. The highest BCUT2D eigenvalue weighted by molar-refractivity contribution is 5.85. The largest absolute Gasteiger partial charge is 0.516 e. The molecular formula is C18H19NO5. The van der Waals surface area contributed by atoms with Crippen LogP contribution in [0.4, 0.5) is 4.79 Å². The van der Waals surface area contributed by atoms with Crippen molar-refractivity contribution >= 4 is 12.1 Å². The van der Waals surface area contributed by atoms with Gasteiger partial charge in [0, 0.05) is 0 Å². The van der Waals surface area contributed by atoms with Gasteiger partial charge in [-0.2, -0.15) is 0 Å². The molecule has 1 unspecified atom stereocenters. The van der Waals surface area contributed by atoms with Crippen molar-refractivity contribution in [1.29, 1.82) is 0 Å². The first kappa shape index (κ1) is 17.7. The lowest BCUT2D eigenvalue weighted by molar-refractivity contribution is -0.143. The van der Waals surface area contributed by atoms with Crippen LogP contribution in [-0.4, -0.2) is 24.8 Å². The van der Waals surface area contributed by atoms with Gasteiger partial charge in [0.1, 0.15) is 12.6 Å². The second-order valence-electron chi connectivity index (χ2n) is 5.05. The molecule has 0 saturated carbocycles. The van der Waals surface area contributed by atoms with Crippen molar-refractivity contribution in [2.45, 2.75) is 19.3 Å². The first-order valence-corrected chi connectivity index (χ1v) is 7.45. The molecule has 0 heterocycles. The number of hydrogen-bond donors (Lipinski definition) is 1. The van der Waals surface area contributed by atoms with Crippen molar-refractivity contribution in [3.63, 3.8) is 0 Å². The fourth-order valence-electron chi connectivity index (χ4n) is 1.85. The highest BCUT2D eigenvalue weighted by Gasteiger charge is 2.20. The maximum Gasteiger partial charge on any atom is 0.516 e. The number of carbonyl (C=O) groups excluding carboxylic acids is 2. The van der Waals surface area contributed by atoms with E-state index < -0.39 is 18.2 Å². The molecule has 0 spiro atoms. The monoisotopic (exact) mass is 329 g/mol. The summed E-state index contributed by atoms with van der Waals surface area (Å²) in [4.78, 5) is 23.1. The minimum Gasteiger partial charge on any atom is -0.429 e. The molecule has 6 heteroatoms. The van der Waals surface area contributed by atoms with E-state index in [-0.39, 0.29) is 13.2 Å². The van der Waals surface area contributed by atoms with Gasteiger partial charge in [0.05, 0.1) is 13.2 Å². The Balaban J connectivity index is 1.66. The Morgan fingerprint density at radius 3 is 2.00 bits per heavy atom. The molecule has 24 heavy (non-hydrogen) atoms. The van der Waals surface area contributed by atoms with Gasteiger partial charge < -0.3 is 19.9 Å². The van der Waals surface area contributed by atoms with Crippen LogP contribution in [0.15, 0.2) is 60.7 Å². The minimum atomic E-state index is -1.08. The summed E-state index contributed by atoms with van der Waals surface area (Å²) in [6.45, 7) is 0.284. The Kier molecular flexibility index (Phi) is 6.94. The molecule has 0 aliphatic heterocycles. The average Bonchev–Trinajstić information content (AvgIpc) is 2.61. The first-order chi connectivity index (χ1) is 11.6. The smallest absolute Gasteiger partial charge is 0.429 e. The third-order valence-electron chi connectivity index (χ3n) is 3.10. The SMILES string of the molecule is NC(COCc1ccccc1)C(=O)OC(=O)OCc1ccccc1. The maximum atomic E-state index is 11.7. The quantitative estimate of drug-likeness (QED) is 0.620. The average molecular weight is 329 g/mol. The molecule has 2 rings (SSSR count).